The number of carbonyl (C=O) groups excluding carboxylic acids is 1. The van der Waals surface area contributed by atoms with Gasteiger partial charge in [0.1, 0.15) is 5.75 Å². The summed E-state index contributed by atoms with van der Waals surface area (Å²) in [4.78, 5) is 23.0. The Labute approximate surface area is 150 Å². The fourth-order valence-corrected chi connectivity index (χ4v) is 2.97. The summed E-state index contributed by atoms with van der Waals surface area (Å²) in [5.41, 5.74) is 2.54. The Morgan fingerprint density at radius 3 is 2.38 bits per heavy atom. The normalized spacial score (nSPS) is 10.5. The summed E-state index contributed by atoms with van der Waals surface area (Å²) < 4.78 is 10.2. The topological polar surface area (TPSA) is 72.8 Å². The fraction of sp³-hybridized carbons (Fsp3) is 0.143. The molecule has 0 aromatic heterocycles. The lowest BCUT2D eigenvalue weighted by Crippen LogP contribution is -2.03. The highest BCUT2D eigenvalue weighted by atomic mass is 16.5. The number of carboxylic acid groups (broad SMARTS) is 1. The summed E-state index contributed by atoms with van der Waals surface area (Å²) in [5, 5.41) is 11.1. The number of rotatable bonds is 5. The summed E-state index contributed by atoms with van der Waals surface area (Å²) in [5.74, 6) is -0.799. The second kappa shape index (κ2) is 7.27. The molecule has 26 heavy (non-hydrogen) atoms. The van der Waals surface area contributed by atoms with Crippen molar-refractivity contribution in [1.29, 1.82) is 0 Å². The van der Waals surface area contributed by atoms with E-state index < -0.39 is 11.9 Å². The molecule has 3 aromatic carbocycles. The number of esters is 1. The van der Waals surface area contributed by atoms with Crippen molar-refractivity contribution < 1.29 is 24.2 Å². The largest absolute Gasteiger partial charge is 0.496 e. The van der Waals surface area contributed by atoms with E-state index in [9.17, 15) is 14.7 Å². The molecular weight excluding hydrogens is 332 g/mol. The molecule has 0 aliphatic carbocycles. The molecule has 0 bridgehead atoms. The molecule has 0 spiro atoms. The highest BCUT2D eigenvalue weighted by molar-refractivity contribution is 5.95. The number of hydrogen-bond donors (Lipinski definition) is 1. The van der Waals surface area contributed by atoms with Gasteiger partial charge in [0.15, 0.2) is 0 Å². The zero-order valence-electron chi connectivity index (χ0n) is 14.5. The minimum atomic E-state index is -0.957. The molecule has 5 heteroatoms. The van der Waals surface area contributed by atoms with Gasteiger partial charge in [-0.15, -0.1) is 0 Å². The first kappa shape index (κ1) is 17.5. The molecule has 0 aliphatic heterocycles. The molecule has 0 unspecified atom stereocenters. The molecule has 0 saturated carbocycles. The first-order valence-corrected chi connectivity index (χ1v) is 8.03. The second-order valence-corrected chi connectivity index (χ2v) is 5.85. The van der Waals surface area contributed by atoms with Crippen molar-refractivity contribution in [2.45, 2.75) is 6.42 Å². The van der Waals surface area contributed by atoms with Crippen LogP contribution in [-0.4, -0.2) is 31.3 Å². The summed E-state index contributed by atoms with van der Waals surface area (Å²) in [6.45, 7) is 0. The third-order valence-electron chi connectivity index (χ3n) is 4.31. The molecule has 0 atom stereocenters. The van der Waals surface area contributed by atoms with Crippen LogP contribution in [-0.2, 0) is 11.2 Å². The Morgan fingerprint density at radius 1 is 0.923 bits per heavy atom. The first-order valence-electron chi connectivity index (χ1n) is 8.03. The molecule has 5 nitrogen and oxygen atoms in total. The standard InChI is InChI=1S/C21H18O5/c1-25-19-12-17(21(24)26-2)9-7-15(19)10-14-5-3-4-13-6-8-16(20(22)23)11-18(13)14/h3-9,11-12H,10H2,1-2H3,(H,22,23). The van der Waals surface area contributed by atoms with Crippen molar-refractivity contribution in [1.82, 2.24) is 0 Å². The number of ether oxygens (including phenoxy) is 2. The zero-order chi connectivity index (χ0) is 18.7. The van der Waals surface area contributed by atoms with Crippen LogP contribution in [0.1, 0.15) is 31.8 Å². The number of aromatic carboxylic acids is 1. The van der Waals surface area contributed by atoms with Gasteiger partial charge in [-0.1, -0.05) is 30.3 Å². The van der Waals surface area contributed by atoms with Crippen LogP contribution in [0.2, 0.25) is 0 Å². The van der Waals surface area contributed by atoms with E-state index in [1.54, 1.807) is 37.4 Å². The third-order valence-corrected chi connectivity index (χ3v) is 4.31. The highest BCUT2D eigenvalue weighted by Crippen LogP contribution is 2.28. The third kappa shape index (κ3) is 3.37. The summed E-state index contributed by atoms with van der Waals surface area (Å²) in [6.07, 6.45) is 0.547. The van der Waals surface area contributed by atoms with Gasteiger partial charge in [-0.25, -0.2) is 9.59 Å². The Balaban J connectivity index is 2.04. The molecule has 0 radical (unpaired) electrons. The van der Waals surface area contributed by atoms with E-state index in [4.69, 9.17) is 9.47 Å². The summed E-state index contributed by atoms with van der Waals surface area (Å²) in [6, 6.07) is 16.1. The number of hydrogen-bond acceptors (Lipinski definition) is 4. The molecule has 3 aromatic rings. The highest BCUT2D eigenvalue weighted by Gasteiger charge is 2.13. The van der Waals surface area contributed by atoms with E-state index in [1.807, 2.05) is 24.3 Å². The molecule has 0 saturated heterocycles. The molecule has 0 heterocycles. The van der Waals surface area contributed by atoms with Crippen LogP contribution in [0.4, 0.5) is 0 Å². The SMILES string of the molecule is COC(=O)c1ccc(Cc2cccc3ccc(C(=O)O)cc23)c(OC)c1. The Bertz CT molecular complexity index is 991. The monoisotopic (exact) mass is 350 g/mol. The number of benzene rings is 3. The Hall–Kier alpha value is -3.34. The van der Waals surface area contributed by atoms with Gasteiger partial charge in [-0.3, -0.25) is 0 Å². The van der Waals surface area contributed by atoms with Crippen LogP contribution >= 0.6 is 0 Å². The molecule has 0 aliphatic rings. The average molecular weight is 350 g/mol. The lowest BCUT2D eigenvalue weighted by atomic mass is 9.96. The molecule has 0 fully saturated rings. The van der Waals surface area contributed by atoms with Gasteiger partial charge in [0.25, 0.3) is 0 Å². The smallest absolute Gasteiger partial charge is 0.337 e. The lowest BCUT2D eigenvalue weighted by Gasteiger charge is -2.12. The number of carboxylic acids is 1. The van der Waals surface area contributed by atoms with Gasteiger partial charge in [0.2, 0.25) is 0 Å². The van der Waals surface area contributed by atoms with Gasteiger partial charge >= 0.3 is 11.9 Å². The van der Waals surface area contributed by atoms with Gasteiger partial charge in [0.05, 0.1) is 25.3 Å². The van der Waals surface area contributed by atoms with Crippen molar-refractivity contribution in [2.75, 3.05) is 14.2 Å². The van der Waals surface area contributed by atoms with Crippen LogP contribution in [0.3, 0.4) is 0 Å². The van der Waals surface area contributed by atoms with Crippen LogP contribution in [0, 0.1) is 0 Å². The van der Waals surface area contributed by atoms with E-state index >= 15 is 0 Å². The molecule has 3 rings (SSSR count). The van der Waals surface area contributed by atoms with Crippen molar-refractivity contribution in [2.24, 2.45) is 0 Å². The maximum Gasteiger partial charge on any atom is 0.337 e. The van der Waals surface area contributed by atoms with E-state index in [-0.39, 0.29) is 5.56 Å². The van der Waals surface area contributed by atoms with E-state index in [2.05, 4.69) is 0 Å². The first-order chi connectivity index (χ1) is 12.5. The van der Waals surface area contributed by atoms with Gasteiger partial charge in [-0.2, -0.15) is 0 Å². The summed E-state index contributed by atoms with van der Waals surface area (Å²) in [7, 11) is 2.88. The van der Waals surface area contributed by atoms with Gasteiger partial charge in [-0.05, 0) is 46.2 Å². The summed E-state index contributed by atoms with van der Waals surface area (Å²) >= 11 is 0. The van der Waals surface area contributed by atoms with Crippen LogP contribution in [0.5, 0.6) is 5.75 Å². The van der Waals surface area contributed by atoms with Crippen molar-refractivity contribution in [3.05, 3.63) is 76.9 Å². The van der Waals surface area contributed by atoms with E-state index in [1.165, 1.54) is 7.11 Å². The molecule has 0 amide bonds. The maximum absolute atomic E-state index is 11.7. The predicted molar refractivity (Wildman–Crippen MR) is 98.0 cm³/mol. The van der Waals surface area contributed by atoms with Crippen molar-refractivity contribution in [3.8, 4) is 5.75 Å². The minimum absolute atomic E-state index is 0.248. The lowest BCUT2D eigenvalue weighted by molar-refractivity contribution is 0.0599. The molecular formula is C21H18O5. The predicted octanol–water partition coefficient (Wildman–Crippen LogP) is 3.92. The molecule has 1 N–H and O–H groups in total. The molecule has 132 valence electrons. The van der Waals surface area contributed by atoms with E-state index in [0.29, 0.717) is 17.7 Å². The van der Waals surface area contributed by atoms with Crippen LogP contribution < -0.4 is 4.74 Å². The van der Waals surface area contributed by atoms with Gasteiger partial charge < -0.3 is 14.6 Å². The minimum Gasteiger partial charge on any atom is -0.496 e. The van der Waals surface area contributed by atoms with Crippen LogP contribution in [0.25, 0.3) is 10.8 Å². The van der Waals surface area contributed by atoms with Crippen molar-refractivity contribution in [3.63, 3.8) is 0 Å². The maximum atomic E-state index is 11.7. The van der Waals surface area contributed by atoms with Crippen LogP contribution in [0.15, 0.2) is 54.6 Å². The number of fused-ring (bicyclic) bond motifs is 1. The zero-order valence-corrected chi connectivity index (χ0v) is 14.5. The van der Waals surface area contributed by atoms with Gasteiger partial charge in [0, 0.05) is 6.42 Å². The van der Waals surface area contributed by atoms with Crippen molar-refractivity contribution >= 4 is 22.7 Å². The fourth-order valence-electron chi connectivity index (χ4n) is 2.97. The average Bonchev–Trinajstić information content (AvgIpc) is 2.67. The second-order valence-electron chi connectivity index (χ2n) is 5.85. The Morgan fingerprint density at radius 2 is 1.69 bits per heavy atom. The number of carbonyl (C=O) groups is 2. The quantitative estimate of drug-likeness (QED) is 0.706. The number of methoxy groups -OCH3 is 2. The Kier molecular flexibility index (Phi) is 4.89. The van der Waals surface area contributed by atoms with E-state index in [0.717, 1.165) is 21.9 Å².